The number of furan rings is 1. The van der Waals surface area contributed by atoms with E-state index in [4.69, 9.17) is 14.4 Å². The summed E-state index contributed by atoms with van der Waals surface area (Å²) >= 11 is 0. The van der Waals surface area contributed by atoms with Crippen molar-refractivity contribution in [2.45, 2.75) is 12.8 Å². The van der Waals surface area contributed by atoms with Gasteiger partial charge in [-0.05, 0) is 58.0 Å². The predicted molar refractivity (Wildman–Crippen MR) is 172 cm³/mol. The van der Waals surface area contributed by atoms with Crippen LogP contribution in [-0.4, -0.2) is 14.5 Å². The summed E-state index contributed by atoms with van der Waals surface area (Å²) in [5.74, 6) is 0.633. The minimum Gasteiger partial charge on any atom is -0.470 e. The maximum absolute atomic E-state index is 5.67. The van der Waals surface area contributed by atoms with E-state index in [1.165, 1.54) is 43.8 Å². The Labute approximate surface area is 242 Å². The molecule has 0 saturated carbocycles. The van der Waals surface area contributed by atoms with Crippen molar-refractivity contribution in [1.82, 2.24) is 14.5 Å². The van der Waals surface area contributed by atoms with Crippen LogP contribution in [-0.2, 0) is 6.42 Å². The molecule has 0 atom stereocenters. The minimum absolute atomic E-state index is 0.633. The third-order valence-electron chi connectivity index (χ3n) is 8.63. The summed E-state index contributed by atoms with van der Waals surface area (Å²) in [6.07, 6.45) is 10.1. The van der Waals surface area contributed by atoms with E-state index in [1.807, 2.05) is 0 Å². The van der Waals surface area contributed by atoms with Crippen molar-refractivity contribution >= 4 is 49.6 Å². The van der Waals surface area contributed by atoms with Crippen molar-refractivity contribution < 1.29 is 4.42 Å². The molecule has 0 unspecified atom stereocenters. The highest BCUT2D eigenvalue weighted by Crippen LogP contribution is 2.38. The van der Waals surface area contributed by atoms with Crippen LogP contribution in [0.5, 0.6) is 0 Å². The molecule has 3 heterocycles. The summed E-state index contributed by atoms with van der Waals surface area (Å²) in [5, 5.41) is 5.75. The average Bonchev–Trinajstić information content (AvgIpc) is 3.67. The Bertz CT molecular complexity index is 2360. The van der Waals surface area contributed by atoms with Gasteiger partial charge in [-0.15, -0.1) is 0 Å². The van der Waals surface area contributed by atoms with Crippen LogP contribution in [0, 0.1) is 0 Å². The van der Waals surface area contributed by atoms with Gasteiger partial charge < -0.3 is 4.42 Å². The van der Waals surface area contributed by atoms with E-state index in [2.05, 4.69) is 120 Å². The van der Waals surface area contributed by atoms with E-state index >= 15 is 0 Å². The second kappa shape index (κ2) is 9.02. The summed E-state index contributed by atoms with van der Waals surface area (Å²) in [7, 11) is 0. The number of nitrogens with zero attached hydrogens (tertiary/aromatic N) is 3. The number of rotatable bonds is 3. The first kappa shape index (κ1) is 23.2. The van der Waals surface area contributed by atoms with E-state index < -0.39 is 0 Å². The molecular weight excluding hydrogens is 514 g/mol. The molecule has 0 N–H and O–H groups in total. The smallest absolute Gasteiger partial charge is 0.235 e. The van der Waals surface area contributed by atoms with Crippen molar-refractivity contribution in [1.29, 1.82) is 0 Å². The van der Waals surface area contributed by atoms with Crippen molar-refractivity contribution in [3.8, 4) is 28.3 Å². The largest absolute Gasteiger partial charge is 0.470 e. The SMILES string of the molecule is C1=Cc2cccc(-c3ccc(-c4nc(-n5c6ccccc6c6c7ccccc7ccc65)nc5cocc45)cc3)c2CC1. The highest BCUT2D eigenvalue weighted by atomic mass is 16.3. The lowest BCUT2D eigenvalue weighted by Gasteiger charge is -2.16. The average molecular weight is 540 g/mol. The van der Waals surface area contributed by atoms with Gasteiger partial charge in [0.15, 0.2) is 0 Å². The number of hydrogen-bond donors (Lipinski definition) is 0. The molecule has 1 aliphatic carbocycles. The van der Waals surface area contributed by atoms with E-state index in [1.54, 1.807) is 12.5 Å². The lowest BCUT2D eigenvalue weighted by Crippen LogP contribution is -2.02. The Morgan fingerprint density at radius 2 is 1.48 bits per heavy atom. The lowest BCUT2D eigenvalue weighted by molar-refractivity contribution is 0.572. The van der Waals surface area contributed by atoms with Crippen molar-refractivity contribution in [3.05, 3.63) is 133 Å². The van der Waals surface area contributed by atoms with Crippen LogP contribution in [0.2, 0.25) is 0 Å². The van der Waals surface area contributed by atoms with Crippen LogP contribution < -0.4 is 0 Å². The molecular formula is C38H25N3O. The first-order valence-corrected chi connectivity index (χ1v) is 14.4. The van der Waals surface area contributed by atoms with Gasteiger partial charge in [0.25, 0.3) is 0 Å². The summed E-state index contributed by atoms with van der Waals surface area (Å²) in [4.78, 5) is 10.2. The first-order chi connectivity index (χ1) is 20.8. The third-order valence-corrected chi connectivity index (χ3v) is 8.63. The number of benzene rings is 5. The third kappa shape index (κ3) is 3.42. The van der Waals surface area contributed by atoms with Gasteiger partial charge in [-0.2, -0.15) is 0 Å². The maximum Gasteiger partial charge on any atom is 0.235 e. The van der Waals surface area contributed by atoms with Crippen LogP contribution in [0.4, 0.5) is 0 Å². The molecule has 198 valence electrons. The second-order valence-electron chi connectivity index (χ2n) is 11.0. The van der Waals surface area contributed by atoms with Crippen LogP contribution in [0.15, 0.2) is 126 Å². The lowest BCUT2D eigenvalue weighted by atomic mass is 9.89. The van der Waals surface area contributed by atoms with Crippen molar-refractivity contribution in [3.63, 3.8) is 0 Å². The van der Waals surface area contributed by atoms with Crippen LogP contribution in [0.25, 0.3) is 77.9 Å². The fourth-order valence-electron chi connectivity index (χ4n) is 6.68. The normalized spacial score (nSPS) is 13.0. The first-order valence-electron chi connectivity index (χ1n) is 14.4. The Morgan fingerprint density at radius 3 is 2.40 bits per heavy atom. The van der Waals surface area contributed by atoms with E-state index in [0.717, 1.165) is 46.0 Å². The molecule has 8 aromatic rings. The van der Waals surface area contributed by atoms with E-state index in [0.29, 0.717) is 5.95 Å². The monoisotopic (exact) mass is 539 g/mol. The highest BCUT2D eigenvalue weighted by Gasteiger charge is 2.19. The standard InChI is InChI=1S/C38H25N3O/c1-3-11-28-24(8-1)10-7-14-29(28)26-16-18-27(19-17-26)37-32-22-42-23-33(32)39-38(40-37)41-34-15-6-5-13-31(34)36-30-12-4-2-9-25(30)20-21-35(36)41/h1-2,4-10,12-23H,3,11H2. The number of para-hydroxylation sites is 1. The molecule has 0 bridgehead atoms. The molecule has 42 heavy (non-hydrogen) atoms. The summed E-state index contributed by atoms with van der Waals surface area (Å²) in [6.45, 7) is 0. The Kier molecular flexibility index (Phi) is 4.99. The highest BCUT2D eigenvalue weighted by molar-refractivity contribution is 6.21. The fraction of sp³-hybridized carbons (Fsp3) is 0.0526. The van der Waals surface area contributed by atoms with Crippen LogP contribution in [0.1, 0.15) is 17.5 Å². The van der Waals surface area contributed by atoms with Gasteiger partial charge in [-0.1, -0.05) is 103 Å². The summed E-state index contributed by atoms with van der Waals surface area (Å²) in [5.41, 5.74) is 10.1. The molecule has 0 spiro atoms. The van der Waals surface area contributed by atoms with Crippen LogP contribution in [0.3, 0.4) is 0 Å². The number of hydrogen-bond acceptors (Lipinski definition) is 3. The number of allylic oxidation sites excluding steroid dienone is 1. The van der Waals surface area contributed by atoms with Gasteiger partial charge in [0.05, 0.1) is 22.1 Å². The quantitative estimate of drug-likeness (QED) is 0.224. The number of aromatic nitrogens is 3. The van der Waals surface area contributed by atoms with Gasteiger partial charge >= 0.3 is 0 Å². The summed E-state index contributed by atoms with van der Waals surface area (Å²) in [6, 6.07) is 36.8. The van der Waals surface area contributed by atoms with Gasteiger partial charge in [-0.3, -0.25) is 4.57 Å². The molecule has 0 saturated heterocycles. The molecule has 0 aliphatic heterocycles. The zero-order valence-electron chi connectivity index (χ0n) is 22.8. The van der Waals surface area contributed by atoms with E-state index in [-0.39, 0.29) is 0 Å². The fourth-order valence-corrected chi connectivity index (χ4v) is 6.68. The topological polar surface area (TPSA) is 43.9 Å². The van der Waals surface area contributed by atoms with Crippen molar-refractivity contribution in [2.75, 3.05) is 0 Å². The number of fused-ring (bicyclic) bond motifs is 7. The zero-order chi connectivity index (χ0) is 27.6. The Balaban J connectivity index is 1.24. The van der Waals surface area contributed by atoms with Gasteiger partial charge in [0, 0.05) is 16.3 Å². The maximum atomic E-state index is 5.67. The Hall–Kier alpha value is -5.48. The Morgan fingerprint density at radius 1 is 0.643 bits per heavy atom. The molecule has 0 radical (unpaired) electrons. The summed E-state index contributed by atoms with van der Waals surface area (Å²) < 4.78 is 7.85. The minimum atomic E-state index is 0.633. The molecule has 5 aromatic carbocycles. The van der Waals surface area contributed by atoms with Crippen molar-refractivity contribution in [2.24, 2.45) is 0 Å². The molecule has 4 heteroatoms. The second-order valence-corrected chi connectivity index (χ2v) is 11.0. The molecule has 9 rings (SSSR count). The molecule has 1 aliphatic rings. The van der Waals surface area contributed by atoms with Gasteiger partial charge in [-0.25, -0.2) is 9.97 Å². The zero-order valence-corrected chi connectivity index (χ0v) is 22.8. The van der Waals surface area contributed by atoms with E-state index in [9.17, 15) is 0 Å². The molecule has 0 fully saturated rings. The predicted octanol–water partition coefficient (Wildman–Crippen LogP) is 9.77. The molecule has 4 nitrogen and oxygen atoms in total. The van der Waals surface area contributed by atoms with Gasteiger partial charge in [0.1, 0.15) is 18.0 Å². The van der Waals surface area contributed by atoms with Gasteiger partial charge in [0.2, 0.25) is 5.95 Å². The molecule has 3 aromatic heterocycles. The van der Waals surface area contributed by atoms with Crippen LogP contribution >= 0.6 is 0 Å². The molecule has 0 amide bonds.